The summed E-state index contributed by atoms with van der Waals surface area (Å²) in [7, 11) is 0. The second-order valence-corrected chi connectivity index (χ2v) is 4.25. The van der Waals surface area contributed by atoms with Crippen molar-refractivity contribution in [2.75, 3.05) is 0 Å². The molecule has 0 amide bonds. The first-order chi connectivity index (χ1) is 7.06. The van der Waals surface area contributed by atoms with Crippen LogP contribution in [0.15, 0.2) is 36.0 Å². The lowest BCUT2D eigenvalue weighted by atomic mass is 10.1. The molecule has 0 rings (SSSR count). The van der Waals surface area contributed by atoms with Gasteiger partial charge in [-0.1, -0.05) is 29.4 Å². The zero-order chi connectivity index (χ0) is 11.7. The summed E-state index contributed by atoms with van der Waals surface area (Å²) in [5, 5.41) is 9.26. The molecule has 0 aromatic heterocycles. The first-order valence-corrected chi connectivity index (χ1v) is 5.66. The Morgan fingerprint density at radius 3 is 2.40 bits per heavy atom. The Kier molecular flexibility index (Phi) is 8.02. The van der Waals surface area contributed by atoms with Gasteiger partial charge in [-0.3, -0.25) is 0 Å². The largest absolute Gasteiger partial charge is 0.389 e. The summed E-state index contributed by atoms with van der Waals surface area (Å²) in [6.45, 7) is 9.95. The summed E-state index contributed by atoms with van der Waals surface area (Å²) in [4.78, 5) is 0. The minimum absolute atomic E-state index is 0.355. The number of aliphatic hydroxyl groups is 1. The third kappa shape index (κ3) is 9.48. The summed E-state index contributed by atoms with van der Waals surface area (Å²) in [6, 6.07) is 0. The SMILES string of the molecule is C=CC(O)CC/C=C(\C)CCC=C(C)C. The lowest BCUT2D eigenvalue weighted by Crippen LogP contribution is -1.99. The number of hydrogen-bond donors (Lipinski definition) is 1. The molecule has 0 aromatic carbocycles. The average Bonchev–Trinajstić information content (AvgIpc) is 2.17. The number of allylic oxidation sites excluding steroid dienone is 4. The highest BCUT2D eigenvalue weighted by molar-refractivity contribution is 5.02. The molecular formula is C14H24O. The minimum atomic E-state index is -0.355. The fourth-order valence-electron chi connectivity index (χ4n) is 1.31. The van der Waals surface area contributed by atoms with Crippen molar-refractivity contribution in [1.29, 1.82) is 0 Å². The fourth-order valence-corrected chi connectivity index (χ4v) is 1.31. The molecule has 0 aliphatic rings. The van der Waals surface area contributed by atoms with E-state index in [-0.39, 0.29) is 6.10 Å². The van der Waals surface area contributed by atoms with Crippen LogP contribution in [-0.2, 0) is 0 Å². The zero-order valence-corrected chi connectivity index (χ0v) is 10.3. The molecule has 1 unspecified atom stereocenters. The molecular weight excluding hydrogens is 184 g/mol. The van der Waals surface area contributed by atoms with Crippen LogP contribution in [-0.4, -0.2) is 11.2 Å². The molecule has 1 nitrogen and oxygen atoms in total. The Morgan fingerprint density at radius 2 is 1.87 bits per heavy atom. The second kappa shape index (κ2) is 8.49. The van der Waals surface area contributed by atoms with Crippen LogP contribution < -0.4 is 0 Å². The van der Waals surface area contributed by atoms with E-state index >= 15 is 0 Å². The molecule has 86 valence electrons. The predicted molar refractivity (Wildman–Crippen MR) is 67.9 cm³/mol. The van der Waals surface area contributed by atoms with Gasteiger partial charge in [-0.05, 0) is 46.5 Å². The second-order valence-electron chi connectivity index (χ2n) is 4.25. The van der Waals surface area contributed by atoms with Gasteiger partial charge in [0.25, 0.3) is 0 Å². The maximum atomic E-state index is 9.26. The Balaban J connectivity index is 3.70. The molecule has 0 aliphatic heterocycles. The lowest BCUT2D eigenvalue weighted by molar-refractivity contribution is 0.214. The van der Waals surface area contributed by atoms with E-state index in [2.05, 4.69) is 39.5 Å². The summed E-state index contributed by atoms with van der Waals surface area (Å²) in [5.41, 5.74) is 2.79. The topological polar surface area (TPSA) is 20.2 Å². The molecule has 0 heterocycles. The Bertz CT molecular complexity index is 232. The van der Waals surface area contributed by atoms with Crippen molar-refractivity contribution in [2.24, 2.45) is 0 Å². The summed E-state index contributed by atoms with van der Waals surface area (Å²) < 4.78 is 0. The normalized spacial score (nSPS) is 13.5. The third-order valence-corrected chi connectivity index (χ3v) is 2.32. The van der Waals surface area contributed by atoms with Crippen molar-refractivity contribution in [2.45, 2.75) is 52.6 Å². The quantitative estimate of drug-likeness (QED) is 0.627. The van der Waals surface area contributed by atoms with Gasteiger partial charge >= 0.3 is 0 Å². The molecule has 0 spiro atoms. The number of hydrogen-bond acceptors (Lipinski definition) is 1. The molecule has 1 N–H and O–H groups in total. The average molecular weight is 208 g/mol. The van der Waals surface area contributed by atoms with Gasteiger partial charge in [0, 0.05) is 0 Å². The maximum Gasteiger partial charge on any atom is 0.0721 e. The Hall–Kier alpha value is -0.820. The van der Waals surface area contributed by atoms with E-state index < -0.39 is 0 Å². The highest BCUT2D eigenvalue weighted by Gasteiger charge is 1.95. The van der Waals surface area contributed by atoms with Crippen LogP contribution >= 0.6 is 0 Å². The van der Waals surface area contributed by atoms with Crippen LogP contribution in [0.4, 0.5) is 0 Å². The molecule has 0 saturated heterocycles. The first kappa shape index (κ1) is 14.2. The molecule has 0 aliphatic carbocycles. The maximum absolute atomic E-state index is 9.26. The van der Waals surface area contributed by atoms with E-state index in [0.717, 1.165) is 25.7 Å². The minimum Gasteiger partial charge on any atom is -0.389 e. The van der Waals surface area contributed by atoms with E-state index in [1.807, 2.05) is 0 Å². The third-order valence-electron chi connectivity index (χ3n) is 2.32. The van der Waals surface area contributed by atoms with Crippen molar-refractivity contribution < 1.29 is 5.11 Å². The first-order valence-electron chi connectivity index (χ1n) is 5.66. The van der Waals surface area contributed by atoms with Gasteiger partial charge in [-0.25, -0.2) is 0 Å². The van der Waals surface area contributed by atoms with E-state index in [4.69, 9.17) is 0 Å². The number of rotatable bonds is 7. The monoisotopic (exact) mass is 208 g/mol. The smallest absolute Gasteiger partial charge is 0.0721 e. The Labute approximate surface area is 94.2 Å². The molecule has 0 aromatic rings. The van der Waals surface area contributed by atoms with E-state index in [1.54, 1.807) is 6.08 Å². The van der Waals surface area contributed by atoms with Gasteiger partial charge in [0.2, 0.25) is 0 Å². The molecule has 1 atom stereocenters. The molecule has 1 heteroatoms. The van der Waals surface area contributed by atoms with Crippen LogP contribution in [0.1, 0.15) is 46.5 Å². The molecule has 0 saturated carbocycles. The van der Waals surface area contributed by atoms with E-state index in [0.29, 0.717) is 0 Å². The van der Waals surface area contributed by atoms with Crippen molar-refractivity contribution in [1.82, 2.24) is 0 Å². The summed E-state index contributed by atoms with van der Waals surface area (Å²) >= 11 is 0. The van der Waals surface area contributed by atoms with Gasteiger partial charge in [-0.15, -0.1) is 6.58 Å². The van der Waals surface area contributed by atoms with Crippen LogP contribution in [0.3, 0.4) is 0 Å². The van der Waals surface area contributed by atoms with E-state index in [9.17, 15) is 5.11 Å². The highest BCUT2D eigenvalue weighted by atomic mass is 16.3. The van der Waals surface area contributed by atoms with E-state index in [1.165, 1.54) is 11.1 Å². The standard InChI is InChI=1S/C14H24O/c1-5-14(15)11-7-10-13(4)9-6-8-12(2)3/h5,8,10,14-15H,1,6-7,9,11H2,2-4H3/b13-10+. The van der Waals surface area contributed by atoms with Gasteiger partial charge in [-0.2, -0.15) is 0 Å². The van der Waals surface area contributed by atoms with Gasteiger partial charge in [0.1, 0.15) is 0 Å². The molecule has 0 radical (unpaired) electrons. The van der Waals surface area contributed by atoms with Crippen molar-refractivity contribution in [3.05, 3.63) is 36.0 Å². The predicted octanol–water partition coefficient (Wildman–Crippen LogP) is 4.01. The lowest BCUT2D eigenvalue weighted by Gasteiger charge is -2.02. The van der Waals surface area contributed by atoms with Crippen LogP contribution in [0, 0.1) is 0 Å². The van der Waals surface area contributed by atoms with Crippen LogP contribution in [0.5, 0.6) is 0 Å². The molecule has 15 heavy (non-hydrogen) atoms. The van der Waals surface area contributed by atoms with Crippen molar-refractivity contribution in [3.63, 3.8) is 0 Å². The fraction of sp³-hybridized carbons (Fsp3) is 0.571. The van der Waals surface area contributed by atoms with Crippen molar-refractivity contribution in [3.8, 4) is 0 Å². The van der Waals surface area contributed by atoms with Crippen LogP contribution in [0.2, 0.25) is 0 Å². The van der Waals surface area contributed by atoms with Crippen LogP contribution in [0.25, 0.3) is 0 Å². The Morgan fingerprint density at radius 1 is 1.20 bits per heavy atom. The van der Waals surface area contributed by atoms with Gasteiger partial charge in [0.05, 0.1) is 6.10 Å². The summed E-state index contributed by atoms with van der Waals surface area (Å²) in [6.07, 6.45) is 9.67. The highest BCUT2D eigenvalue weighted by Crippen LogP contribution is 2.09. The number of aliphatic hydroxyl groups excluding tert-OH is 1. The molecule has 0 fully saturated rings. The van der Waals surface area contributed by atoms with Crippen molar-refractivity contribution >= 4 is 0 Å². The molecule has 0 bridgehead atoms. The zero-order valence-electron chi connectivity index (χ0n) is 10.3. The summed E-state index contributed by atoms with van der Waals surface area (Å²) in [5.74, 6) is 0. The van der Waals surface area contributed by atoms with Gasteiger partial charge in [0.15, 0.2) is 0 Å². The van der Waals surface area contributed by atoms with Gasteiger partial charge < -0.3 is 5.11 Å².